The van der Waals surface area contributed by atoms with Crippen LogP contribution in [-0.2, 0) is 4.79 Å². The zero-order chi connectivity index (χ0) is 15.8. The molecule has 1 atom stereocenters. The molecule has 1 amide bonds. The van der Waals surface area contributed by atoms with Gasteiger partial charge in [-0.3, -0.25) is 4.79 Å². The highest BCUT2D eigenvalue weighted by Crippen LogP contribution is 2.08. The number of rotatable bonds is 7. The topological polar surface area (TPSA) is 67.2 Å². The summed E-state index contributed by atoms with van der Waals surface area (Å²) in [4.78, 5) is 11.8. The summed E-state index contributed by atoms with van der Waals surface area (Å²) in [7, 11) is 0. The van der Waals surface area contributed by atoms with Crippen LogP contribution in [0, 0.1) is 0 Å². The number of nitrogens with zero attached hydrogens (tertiary/aromatic N) is 2. The predicted octanol–water partition coefficient (Wildman–Crippen LogP) is 2.16. The molecule has 0 bridgehead atoms. The zero-order valence-electron chi connectivity index (χ0n) is 12.6. The van der Waals surface area contributed by atoms with E-state index in [1.165, 1.54) is 6.08 Å². The third-order valence-electron chi connectivity index (χ3n) is 3.23. The normalized spacial score (nSPS) is 12.5. The number of amides is 1. The Labute approximate surface area is 130 Å². The van der Waals surface area contributed by atoms with Gasteiger partial charge in [0.2, 0.25) is 5.91 Å². The van der Waals surface area contributed by atoms with Crippen molar-refractivity contribution in [2.45, 2.75) is 25.8 Å². The minimum atomic E-state index is -0.141. The van der Waals surface area contributed by atoms with Crippen LogP contribution in [0.1, 0.15) is 25.3 Å². The Bertz CT molecular complexity index is 620. The number of aromatic nitrogens is 2. The van der Waals surface area contributed by atoms with Crippen molar-refractivity contribution in [2.75, 3.05) is 6.61 Å². The minimum absolute atomic E-state index is 0.0522. The van der Waals surface area contributed by atoms with Crippen LogP contribution in [-0.4, -0.2) is 33.4 Å². The van der Waals surface area contributed by atoms with Gasteiger partial charge < -0.3 is 10.4 Å². The fourth-order valence-electron chi connectivity index (χ4n) is 2.08. The Morgan fingerprint density at radius 3 is 2.91 bits per heavy atom. The van der Waals surface area contributed by atoms with Gasteiger partial charge in [-0.05, 0) is 38.0 Å². The lowest BCUT2D eigenvalue weighted by molar-refractivity contribution is -0.117. The van der Waals surface area contributed by atoms with Crippen molar-refractivity contribution >= 4 is 12.0 Å². The van der Waals surface area contributed by atoms with Gasteiger partial charge in [0, 0.05) is 30.5 Å². The Kier molecular flexibility index (Phi) is 5.91. The molecule has 2 aromatic rings. The van der Waals surface area contributed by atoms with Crippen molar-refractivity contribution in [3.63, 3.8) is 0 Å². The van der Waals surface area contributed by atoms with E-state index in [9.17, 15) is 4.79 Å². The first-order valence-electron chi connectivity index (χ1n) is 7.38. The van der Waals surface area contributed by atoms with Crippen molar-refractivity contribution in [1.29, 1.82) is 0 Å². The van der Waals surface area contributed by atoms with Gasteiger partial charge in [0.05, 0.1) is 11.9 Å². The molecule has 2 rings (SSSR count). The van der Waals surface area contributed by atoms with Crippen LogP contribution in [0.25, 0.3) is 11.8 Å². The lowest BCUT2D eigenvalue weighted by Gasteiger charge is -2.10. The highest BCUT2D eigenvalue weighted by molar-refractivity contribution is 5.91. The molecule has 0 aliphatic carbocycles. The third kappa shape index (κ3) is 4.86. The zero-order valence-corrected chi connectivity index (χ0v) is 12.6. The molecule has 1 aromatic heterocycles. The summed E-state index contributed by atoms with van der Waals surface area (Å²) in [5.74, 6) is -0.141. The molecule has 116 valence electrons. The van der Waals surface area contributed by atoms with E-state index >= 15 is 0 Å². The SMILES string of the molecule is CC(CCCO)NC(=O)/C=C/c1cnn(-c2ccccc2)c1. The van der Waals surface area contributed by atoms with Gasteiger partial charge in [0.25, 0.3) is 0 Å². The number of benzene rings is 1. The molecule has 1 aromatic carbocycles. The van der Waals surface area contributed by atoms with E-state index in [-0.39, 0.29) is 18.6 Å². The number of aliphatic hydroxyl groups excluding tert-OH is 1. The Morgan fingerprint density at radius 2 is 2.18 bits per heavy atom. The standard InChI is InChI=1S/C17H21N3O2/c1-14(6-5-11-21)19-17(22)10-9-15-12-18-20(13-15)16-7-3-2-4-8-16/h2-4,7-10,12-14,21H,5-6,11H2,1H3,(H,19,22)/b10-9+. The van der Waals surface area contributed by atoms with Crippen LogP contribution < -0.4 is 5.32 Å². The average molecular weight is 299 g/mol. The molecule has 22 heavy (non-hydrogen) atoms. The number of hydrogen-bond donors (Lipinski definition) is 2. The quantitative estimate of drug-likeness (QED) is 0.770. The number of carbonyl (C=O) groups excluding carboxylic acids is 1. The molecule has 0 saturated heterocycles. The molecule has 0 spiro atoms. The van der Waals surface area contributed by atoms with Crippen molar-refractivity contribution in [1.82, 2.24) is 15.1 Å². The summed E-state index contributed by atoms with van der Waals surface area (Å²) in [5, 5.41) is 15.9. The maximum absolute atomic E-state index is 11.8. The number of carbonyl (C=O) groups is 1. The Morgan fingerprint density at radius 1 is 1.41 bits per heavy atom. The molecular weight excluding hydrogens is 278 g/mol. The molecule has 1 unspecified atom stereocenters. The predicted molar refractivity (Wildman–Crippen MR) is 86.5 cm³/mol. The van der Waals surface area contributed by atoms with Crippen LogP contribution >= 0.6 is 0 Å². The van der Waals surface area contributed by atoms with Crippen LogP contribution in [0.2, 0.25) is 0 Å². The monoisotopic (exact) mass is 299 g/mol. The second-order valence-corrected chi connectivity index (χ2v) is 5.16. The van der Waals surface area contributed by atoms with Crippen LogP contribution in [0.15, 0.2) is 48.8 Å². The van der Waals surface area contributed by atoms with E-state index in [1.54, 1.807) is 17.0 Å². The first-order chi connectivity index (χ1) is 10.7. The van der Waals surface area contributed by atoms with E-state index in [0.717, 1.165) is 17.7 Å². The number of nitrogens with one attached hydrogen (secondary N) is 1. The van der Waals surface area contributed by atoms with E-state index in [2.05, 4.69) is 10.4 Å². The maximum Gasteiger partial charge on any atom is 0.244 e. The van der Waals surface area contributed by atoms with Crippen molar-refractivity contribution in [2.24, 2.45) is 0 Å². The molecule has 0 aliphatic rings. The van der Waals surface area contributed by atoms with E-state index < -0.39 is 0 Å². The molecule has 5 nitrogen and oxygen atoms in total. The lowest BCUT2D eigenvalue weighted by Crippen LogP contribution is -2.31. The lowest BCUT2D eigenvalue weighted by atomic mass is 10.2. The Balaban J connectivity index is 1.91. The highest BCUT2D eigenvalue weighted by atomic mass is 16.3. The molecule has 0 saturated carbocycles. The van der Waals surface area contributed by atoms with E-state index in [1.807, 2.05) is 43.5 Å². The summed E-state index contributed by atoms with van der Waals surface area (Å²) in [6, 6.07) is 9.85. The van der Waals surface area contributed by atoms with Gasteiger partial charge in [-0.2, -0.15) is 5.10 Å². The number of para-hydroxylation sites is 1. The van der Waals surface area contributed by atoms with Gasteiger partial charge in [-0.1, -0.05) is 18.2 Å². The van der Waals surface area contributed by atoms with Crippen molar-refractivity contribution in [3.05, 3.63) is 54.4 Å². The summed E-state index contributed by atoms with van der Waals surface area (Å²) in [6.07, 6.45) is 8.28. The van der Waals surface area contributed by atoms with Gasteiger partial charge >= 0.3 is 0 Å². The second kappa shape index (κ2) is 8.14. The largest absolute Gasteiger partial charge is 0.396 e. The van der Waals surface area contributed by atoms with Gasteiger partial charge in [-0.25, -0.2) is 4.68 Å². The van der Waals surface area contributed by atoms with E-state index in [0.29, 0.717) is 6.42 Å². The smallest absolute Gasteiger partial charge is 0.244 e. The summed E-state index contributed by atoms with van der Waals surface area (Å²) < 4.78 is 1.77. The number of hydrogen-bond acceptors (Lipinski definition) is 3. The van der Waals surface area contributed by atoms with Crippen LogP contribution in [0.3, 0.4) is 0 Å². The van der Waals surface area contributed by atoms with Crippen LogP contribution in [0.4, 0.5) is 0 Å². The highest BCUT2D eigenvalue weighted by Gasteiger charge is 2.04. The summed E-state index contributed by atoms with van der Waals surface area (Å²) in [6.45, 7) is 2.07. The fourth-order valence-corrected chi connectivity index (χ4v) is 2.08. The summed E-state index contributed by atoms with van der Waals surface area (Å²) in [5.41, 5.74) is 1.84. The van der Waals surface area contributed by atoms with Crippen molar-refractivity contribution < 1.29 is 9.90 Å². The van der Waals surface area contributed by atoms with Crippen LogP contribution in [0.5, 0.6) is 0 Å². The third-order valence-corrected chi connectivity index (χ3v) is 3.23. The number of aliphatic hydroxyl groups is 1. The van der Waals surface area contributed by atoms with Gasteiger partial charge in [0.1, 0.15) is 0 Å². The van der Waals surface area contributed by atoms with E-state index in [4.69, 9.17) is 5.11 Å². The molecule has 5 heteroatoms. The molecule has 0 aliphatic heterocycles. The second-order valence-electron chi connectivity index (χ2n) is 5.16. The molecule has 0 fully saturated rings. The first-order valence-corrected chi connectivity index (χ1v) is 7.38. The molecule has 2 N–H and O–H groups in total. The molecule has 0 radical (unpaired) electrons. The van der Waals surface area contributed by atoms with Crippen molar-refractivity contribution in [3.8, 4) is 5.69 Å². The summed E-state index contributed by atoms with van der Waals surface area (Å²) >= 11 is 0. The molecular formula is C17H21N3O2. The van der Waals surface area contributed by atoms with Gasteiger partial charge in [0.15, 0.2) is 0 Å². The maximum atomic E-state index is 11.8. The molecule has 1 heterocycles. The first kappa shape index (κ1) is 16.0. The average Bonchev–Trinajstić information content (AvgIpc) is 3.01. The Hall–Kier alpha value is -2.40. The van der Waals surface area contributed by atoms with Gasteiger partial charge in [-0.15, -0.1) is 0 Å². The fraction of sp³-hybridized carbons (Fsp3) is 0.294. The minimum Gasteiger partial charge on any atom is -0.396 e.